The van der Waals surface area contributed by atoms with E-state index in [1.54, 1.807) is 18.2 Å². The van der Waals surface area contributed by atoms with E-state index in [1.807, 2.05) is 30.3 Å². The predicted octanol–water partition coefficient (Wildman–Crippen LogP) is 2.48. The number of ether oxygens (including phenoxy) is 3. The molecule has 2 aromatic carbocycles. The predicted molar refractivity (Wildman–Crippen MR) is 110 cm³/mol. The fourth-order valence-corrected chi connectivity index (χ4v) is 2.86. The summed E-state index contributed by atoms with van der Waals surface area (Å²) in [6.07, 6.45) is -0.591. The molecule has 2 amide bonds. The third-order valence-corrected chi connectivity index (χ3v) is 4.38. The first-order valence-corrected chi connectivity index (χ1v) is 9.45. The zero-order chi connectivity index (χ0) is 21.9. The lowest BCUT2D eigenvalue weighted by molar-refractivity contribution is -0.144. The Hall–Kier alpha value is -3.26. The molecule has 0 saturated carbocycles. The Bertz CT molecular complexity index is 875. The molecule has 2 rings (SSSR count). The number of carbonyl (C=O) groups excluding carboxylic acids is 3. The molecule has 30 heavy (non-hydrogen) atoms. The van der Waals surface area contributed by atoms with Crippen LogP contribution in [0.15, 0.2) is 48.5 Å². The quantitative estimate of drug-likeness (QED) is 0.588. The summed E-state index contributed by atoms with van der Waals surface area (Å²) in [5, 5.41) is 5.26. The molecule has 2 N–H and O–H groups in total. The lowest BCUT2D eigenvalue weighted by Gasteiger charge is -2.17. The second-order valence-corrected chi connectivity index (χ2v) is 6.64. The van der Waals surface area contributed by atoms with Crippen LogP contribution in [0.5, 0.6) is 5.75 Å². The second-order valence-electron chi connectivity index (χ2n) is 6.23. The van der Waals surface area contributed by atoms with Gasteiger partial charge in [0.25, 0.3) is 0 Å². The first-order chi connectivity index (χ1) is 14.4. The van der Waals surface area contributed by atoms with Crippen LogP contribution in [0.4, 0.5) is 4.79 Å². The number of rotatable bonds is 9. The fourth-order valence-electron chi connectivity index (χ4n) is 2.58. The number of hydrogen-bond donors (Lipinski definition) is 2. The van der Waals surface area contributed by atoms with Crippen LogP contribution in [0.2, 0.25) is 5.02 Å². The van der Waals surface area contributed by atoms with Gasteiger partial charge in [0, 0.05) is 6.42 Å². The second kappa shape index (κ2) is 11.7. The summed E-state index contributed by atoms with van der Waals surface area (Å²) in [6, 6.07) is 13.2. The molecule has 0 aliphatic heterocycles. The van der Waals surface area contributed by atoms with Gasteiger partial charge in [0.2, 0.25) is 5.91 Å². The summed E-state index contributed by atoms with van der Waals surface area (Å²) in [5.74, 6) is -0.694. The highest BCUT2D eigenvalue weighted by Gasteiger charge is 2.22. The van der Waals surface area contributed by atoms with Crippen LogP contribution in [0.25, 0.3) is 0 Å². The van der Waals surface area contributed by atoms with Crippen LogP contribution >= 0.6 is 11.6 Å². The maximum atomic E-state index is 12.2. The first-order valence-electron chi connectivity index (χ1n) is 9.07. The van der Waals surface area contributed by atoms with Crippen LogP contribution in [0.3, 0.4) is 0 Å². The van der Waals surface area contributed by atoms with Crippen molar-refractivity contribution in [2.24, 2.45) is 0 Å². The molecular weight excluding hydrogens is 412 g/mol. The van der Waals surface area contributed by atoms with Crippen LogP contribution in [0.1, 0.15) is 11.1 Å². The Morgan fingerprint density at radius 2 is 1.77 bits per heavy atom. The number of halogens is 1. The van der Waals surface area contributed by atoms with Gasteiger partial charge in [0.1, 0.15) is 24.9 Å². The first kappa shape index (κ1) is 23.0. The number of benzene rings is 2. The van der Waals surface area contributed by atoms with E-state index in [2.05, 4.69) is 10.6 Å². The number of esters is 1. The van der Waals surface area contributed by atoms with Crippen LogP contribution < -0.4 is 15.4 Å². The van der Waals surface area contributed by atoms with Gasteiger partial charge in [-0.15, -0.1) is 0 Å². The molecule has 0 aromatic heterocycles. The lowest BCUT2D eigenvalue weighted by atomic mass is 10.1. The minimum Gasteiger partial charge on any atom is -0.495 e. The molecule has 1 atom stereocenters. The highest BCUT2D eigenvalue weighted by Crippen LogP contribution is 2.25. The minimum atomic E-state index is -0.950. The van der Waals surface area contributed by atoms with Crippen molar-refractivity contribution in [2.45, 2.75) is 19.1 Å². The van der Waals surface area contributed by atoms with E-state index in [-0.39, 0.29) is 19.6 Å². The van der Waals surface area contributed by atoms with Gasteiger partial charge in [0.15, 0.2) is 0 Å². The van der Waals surface area contributed by atoms with Crippen molar-refractivity contribution >= 4 is 29.6 Å². The van der Waals surface area contributed by atoms with Crippen molar-refractivity contribution in [3.05, 3.63) is 64.7 Å². The maximum Gasteiger partial charge on any atom is 0.407 e. The van der Waals surface area contributed by atoms with Crippen molar-refractivity contribution in [1.82, 2.24) is 10.6 Å². The lowest BCUT2D eigenvalue weighted by Crippen LogP contribution is -2.47. The van der Waals surface area contributed by atoms with Gasteiger partial charge >= 0.3 is 12.1 Å². The highest BCUT2D eigenvalue weighted by atomic mass is 35.5. The molecule has 0 bridgehead atoms. The van der Waals surface area contributed by atoms with Crippen molar-refractivity contribution in [1.29, 1.82) is 0 Å². The zero-order valence-electron chi connectivity index (χ0n) is 16.6. The standard InChI is InChI=1S/C21H23ClN2O6/c1-28-18-9-8-15(10-16(18)22)11-17(20(26)29-2)24-19(25)12-23-21(27)30-13-14-6-4-3-5-7-14/h3-10,17H,11-13H2,1-2H3,(H,23,27)(H,24,25)/t17-/m1/s1. The van der Waals surface area contributed by atoms with E-state index in [4.69, 9.17) is 25.8 Å². The summed E-state index contributed by atoms with van der Waals surface area (Å²) in [4.78, 5) is 36.0. The molecule has 0 unspecified atom stereocenters. The molecular formula is C21H23ClN2O6. The normalized spacial score (nSPS) is 11.2. The molecule has 0 aliphatic carbocycles. The van der Waals surface area contributed by atoms with Crippen molar-refractivity contribution in [2.75, 3.05) is 20.8 Å². The number of hydrogen-bond acceptors (Lipinski definition) is 6. The SMILES string of the molecule is COC(=O)[C@@H](Cc1ccc(OC)c(Cl)c1)NC(=O)CNC(=O)OCc1ccccc1. The Morgan fingerprint density at radius 3 is 2.40 bits per heavy atom. The molecule has 0 fully saturated rings. The number of nitrogens with one attached hydrogen (secondary N) is 2. The van der Waals surface area contributed by atoms with Gasteiger partial charge < -0.3 is 24.8 Å². The number of amides is 2. The summed E-state index contributed by atoms with van der Waals surface area (Å²) in [6.45, 7) is -0.276. The van der Waals surface area contributed by atoms with E-state index >= 15 is 0 Å². The number of alkyl carbamates (subject to hydrolysis) is 1. The Balaban J connectivity index is 1.86. The van der Waals surface area contributed by atoms with E-state index in [0.717, 1.165) is 5.56 Å². The molecule has 160 valence electrons. The van der Waals surface area contributed by atoms with Crippen molar-refractivity contribution in [3.8, 4) is 5.75 Å². The molecule has 9 heteroatoms. The molecule has 0 aliphatic rings. The molecule has 0 radical (unpaired) electrons. The maximum absolute atomic E-state index is 12.2. The van der Waals surface area contributed by atoms with Gasteiger partial charge in [-0.1, -0.05) is 48.0 Å². The van der Waals surface area contributed by atoms with Crippen LogP contribution in [-0.4, -0.2) is 44.8 Å². The van der Waals surface area contributed by atoms with E-state index in [9.17, 15) is 14.4 Å². The van der Waals surface area contributed by atoms with Gasteiger partial charge in [-0.3, -0.25) is 4.79 Å². The van der Waals surface area contributed by atoms with Gasteiger partial charge in [-0.05, 0) is 23.3 Å². The number of methoxy groups -OCH3 is 2. The number of carbonyl (C=O) groups is 3. The third-order valence-electron chi connectivity index (χ3n) is 4.08. The third kappa shape index (κ3) is 7.29. The Labute approximate surface area is 179 Å². The van der Waals surface area contributed by atoms with E-state index in [0.29, 0.717) is 16.3 Å². The Kier molecular flexibility index (Phi) is 8.96. The smallest absolute Gasteiger partial charge is 0.407 e. The fraction of sp³-hybridized carbons (Fsp3) is 0.286. The van der Waals surface area contributed by atoms with Gasteiger partial charge in [0.05, 0.1) is 19.2 Å². The van der Waals surface area contributed by atoms with E-state index < -0.39 is 24.0 Å². The molecule has 8 nitrogen and oxygen atoms in total. The molecule has 0 saturated heterocycles. The zero-order valence-corrected chi connectivity index (χ0v) is 17.4. The monoisotopic (exact) mass is 434 g/mol. The van der Waals surface area contributed by atoms with Crippen molar-refractivity contribution in [3.63, 3.8) is 0 Å². The highest BCUT2D eigenvalue weighted by molar-refractivity contribution is 6.32. The molecule has 2 aromatic rings. The largest absolute Gasteiger partial charge is 0.495 e. The summed E-state index contributed by atoms with van der Waals surface area (Å²) in [7, 11) is 2.72. The minimum absolute atomic E-state index is 0.0807. The summed E-state index contributed by atoms with van der Waals surface area (Å²) in [5.41, 5.74) is 1.52. The Morgan fingerprint density at radius 1 is 1.03 bits per heavy atom. The van der Waals surface area contributed by atoms with Crippen molar-refractivity contribution < 1.29 is 28.6 Å². The van der Waals surface area contributed by atoms with E-state index in [1.165, 1.54) is 14.2 Å². The average molecular weight is 435 g/mol. The molecule has 0 heterocycles. The van der Waals surface area contributed by atoms with Gasteiger partial charge in [-0.2, -0.15) is 0 Å². The van der Waals surface area contributed by atoms with Crippen LogP contribution in [0, 0.1) is 0 Å². The average Bonchev–Trinajstić information content (AvgIpc) is 2.76. The van der Waals surface area contributed by atoms with Gasteiger partial charge in [-0.25, -0.2) is 9.59 Å². The summed E-state index contributed by atoms with van der Waals surface area (Å²) < 4.78 is 14.9. The molecule has 0 spiro atoms. The summed E-state index contributed by atoms with van der Waals surface area (Å²) >= 11 is 6.10. The van der Waals surface area contributed by atoms with Crippen LogP contribution in [-0.2, 0) is 32.1 Å². The topological polar surface area (TPSA) is 103 Å².